The second-order valence-corrected chi connectivity index (χ2v) is 8.41. The zero-order valence-electron chi connectivity index (χ0n) is 15.7. The molecule has 148 valence electrons. The van der Waals surface area contributed by atoms with Gasteiger partial charge in [-0.1, -0.05) is 19.3 Å². The second kappa shape index (κ2) is 9.66. The number of benzene rings is 1. The van der Waals surface area contributed by atoms with Crippen LogP contribution in [0.3, 0.4) is 0 Å². The Hall–Kier alpha value is -2.19. The Bertz CT molecular complexity index is 781. The highest BCUT2D eigenvalue weighted by molar-refractivity contribution is 7.89. The number of amides is 1. The number of hydrogen-bond donors (Lipinski definition) is 1. The van der Waals surface area contributed by atoms with Gasteiger partial charge in [0.2, 0.25) is 15.9 Å². The van der Waals surface area contributed by atoms with Crippen molar-refractivity contribution in [2.45, 2.75) is 50.0 Å². The number of rotatable bonds is 7. The van der Waals surface area contributed by atoms with Gasteiger partial charge in [-0.15, -0.1) is 0 Å². The van der Waals surface area contributed by atoms with Crippen LogP contribution in [0.4, 0.5) is 5.69 Å². The van der Waals surface area contributed by atoms with E-state index in [1.807, 2.05) is 0 Å². The number of esters is 1. The van der Waals surface area contributed by atoms with E-state index in [1.165, 1.54) is 28.6 Å². The SMILES string of the molecule is CCOC(=O)/C=C/C(=O)Nc1ccc(S(=O)(=O)N(C)C2CCCCC2)cc1. The Morgan fingerprint density at radius 1 is 1.15 bits per heavy atom. The fourth-order valence-corrected chi connectivity index (χ4v) is 4.45. The number of carbonyl (C=O) groups excluding carboxylic acids is 2. The van der Waals surface area contributed by atoms with Crippen LogP contribution in [0.15, 0.2) is 41.3 Å². The van der Waals surface area contributed by atoms with Crippen molar-refractivity contribution < 1.29 is 22.7 Å². The van der Waals surface area contributed by atoms with Gasteiger partial charge in [0.25, 0.3) is 0 Å². The third-order valence-electron chi connectivity index (χ3n) is 4.55. The molecule has 0 aliphatic heterocycles. The molecule has 1 aliphatic carbocycles. The van der Waals surface area contributed by atoms with E-state index >= 15 is 0 Å². The van der Waals surface area contributed by atoms with Gasteiger partial charge in [0, 0.05) is 30.9 Å². The molecule has 0 aromatic heterocycles. The molecule has 2 rings (SSSR count). The van der Waals surface area contributed by atoms with E-state index < -0.39 is 21.9 Å². The summed E-state index contributed by atoms with van der Waals surface area (Å²) < 4.78 is 31.7. The summed E-state index contributed by atoms with van der Waals surface area (Å²) in [5.74, 6) is -1.10. The van der Waals surface area contributed by atoms with Crippen molar-refractivity contribution in [3.63, 3.8) is 0 Å². The lowest BCUT2D eigenvalue weighted by Gasteiger charge is -2.30. The Kier molecular flexibility index (Phi) is 7.55. The number of sulfonamides is 1. The van der Waals surface area contributed by atoms with Crippen molar-refractivity contribution in [3.05, 3.63) is 36.4 Å². The molecule has 0 unspecified atom stereocenters. The third kappa shape index (κ3) is 5.90. The van der Waals surface area contributed by atoms with Gasteiger partial charge >= 0.3 is 5.97 Å². The van der Waals surface area contributed by atoms with E-state index in [0.717, 1.165) is 44.3 Å². The largest absolute Gasteiger partial charge is 0.463 e. The monoisotopic (exact) mass is 394 g/mol. The molecule has 0 atom stereocenters. The van der Waals surface area contributed by atoms with Gasteiger partial charge in [0.15, 0.2) is 0 Å². The molecule has 1 N–H and O–H groups in total. The number of hydrogen-bond acceptors (Lipinski definition) is 5. The third-order valence-corrected chi connectivity index (χ3v) is 6.47. The van der Waals surface area contributed by atoms with Gasteiger partial charge in [-0.2, -0.15) is 4.31 Å². The van der Waals surface area contributed by atoms with Gasteiger partial charge in [0.05, 0.1) is 11.5 Å². The molecule has 1 amide bonds. The predicted molar refractivity (Wildman–Crippen MR) is 103 cm³/mol. The molecule has 1 saturated carbocycles. The summed E-state index contributed by atoms with van der Waals surface area (Å²) in [6.07, 6.45) is 7.14. The molecule has 0 saturated heterocycles. The zero-order chi connectivity index (χ0) is 19.9. The smallest absolute Gasteiger partial charge is 0.330 e. The van der Waals surface area contributed by atoms with Crippen LogP contribution in [0.1, 0.15) is 39.0 Å². The summed E-state index contributed by atoms with van der Waals surface area (Å²) in [6.45, 7) is 1.91. The number of anilines is 1. The van der Waals surface area contributed by atoms with Crippen LogP contribution in [0.2, 0.25) is 0 Å². The van der Waals surface area contributed by atoms with Crippen LogP contribution in [0.5, 0.6) is 0 Å². The summed E-state index contributed by atoms with van der Waals surface area (Å²) in [5.41, 5.74) is 0.438. The lowest BCUT2D eigenvalue weighted by Crippen LogP contribution is -2.38. The number of nitrogens with zero attached hydrogens (tertiary/aromatic N) is 1. The van der Waals surface area contributed by atoms with Crippen molar-refractivity contribution in [3.8, 4) is 0 Å². The summed E-state index contributed by atoms with van der Waals surface area (Å²) in [4.78, 5) is 23.2. The Balaban J connectivity index is 2.01. The van der Waals surface area contributed by atoms with Crippen molar-refractivity contribution in [1.82, 2.24) is 4.31 Å². The average molecular weight is 394 g/mol. The maximum atomic E-state index is 12.8. The molecule has 0 heterocycles. The zero-order valence-corrected chi connectivity index (χ0v) is 16.5. The lowest BCUT2D eigenvalue weighted by atomic mass is 9.96. The first-order chi connectivity index (χ1) is 12.8. The highest BCUT2D eigenvalue weighted by atomic mass is 32.2. The van der Waals surface area contributed by atoms with Crippen LogP contribution in [0.25, 0.3) is 0 Å². The van der Waals surface area contributed by atoms with E-state index in [9.17, 15) is 18.0 Å². The summed E-state index contributed by atoms with van der Waals surface area (Å²) in [7, 11) is -1.94. The molecule has 7 nitrogen and oxygen atoms in total. The van der Waals surface area contributed by atoms with Crippen LogP contribution in [-0.2, 0) is 24.3 Å². The Labute approximate surface area is 160 Å². The van der Waals surface area contributed by atoms with E-state index in [1.54, 1.807) is 14.0 Å². The minimum atomic E-state index is -3.57. The number of carbonyl (C=O) groups is 2. The topological polar surface area (TPSA) is 92.8 Å². The fraction of sp³-hybridized carbons (Fsp3) is 0.474. The fourth-order valence-electron chi connectivity index (χ4n) is 3.04. The first kappa shape index (κ1) is 21.1. The van der Waals surface area contributed by atoms with Crippen molar-refractivity contribution >= 4 is 27.6 Å². The first-order valence-corrected chi connectivity index (χ1v) is 10.5. The van der Waals surface area contributed by atoms with Crippen LogP contribution >= 0.6 is 0 Å². The van der Waals surface area contributed by atoms with Gasteiger partial charge < -0.3 is 10.1 Å². The molecule has 8 heteroatoms. The van der Waals surface area contributed by atoms with E-state index in [2.05, 4.69) is 5.32 Å². The number of nitrogens with one attached hydrogen (secondary N) is 1. The Morgan fingerprint density at radius 2 is 1.78 bits per heavy atom. The molecule has 1 aromatic rings. The normalized spacial score (nSPS) is 15.8. The predicted octanol–water partition coefficient (Wildman–Crippen LogP) is 2.70. The van der Waals surface area contributed by atoms with E-state index in [0.29, 0.717) is 5.69 Å². The Morgan fingerprint density at radius 3 is 2.37 bits per heavy atom. The minimum absolute atomic E-state index is 0.0381. The summed E-state index contributed by atoms with van der Waals surface area (Å²) in [5, 5.41) is 2.57. The molecule has 27 heavy (non-hydrogen) atoms. The molecule has 0 spiro atoms. The van der Waals surface area contributed by atoms with Crippen LogP contribution < -0.4 is 5.32 Å². The molecule has 0 radical (unpaired) electrons. The highest BCUT2D eigenvalue weighted by Crippen LogP contribution is 2.26. The van der Waals surface area contributed by atoms with Crippen LogP contribution in [-0.4, -0.2) is 44.3 Å². The average Bonchev–Trinajstić information content (AvgIpc) is 2.67. The van der Waals surface area contributed by atoms with Crippen LogP contribution in [0, 0.1) is 0 Å². The van der Waals surface area contributed by atoms with Gasteiger partial charge in [-0.25, -0.2) is 13.2 Å². The highest BCUT2D eigenvalue weighted by Gasteiger charge is 2.28. The van der Waals surface area contributed by atoms with Crippen molar-refractivity contribution in [2.24, 2.45) is 0 Å². The second-order valence-electron chi connectivity index (χ2n) is 6.41. The standard InChI is InChI=1S/C19H26N2O5S/c1-3-26-19(23)14-13-18(22)20-15-9-11-17(12-10-15)27(24,25)21(2)16-7-5-4-6-8-16/h9-14,16H,3-8H2,1-2H3,(H,20,22)/b14-13+. The first-order valence-electron chi connectivity index (χ1n) is 9.08. The maximum Gasteiger partial charge on any atom is 0.330 e. The molecule has 0 bridgehead atoms. The van der Waals surface area contributed by atoms with Crippen molar-refractivity contribution in [1.29, 1.82) is 0 Å². The van der Waals surface area contributed by atoms with Gasteiger partial charge in [-0.3, -0.25) is 4.79 Å². The lowest BCUT2D eigenvalue weighted by molar-refractivity contribution is -0.137. The summed E-state index contributed by atoms with van der Waals surface area (Å²) in [6, 6.07) is 6.03. The van der Waals surface area contributed by atoms with E-state index in [-0.39, 0.29) is 17.5 Å². The molecule has 1 fully saturated rings. The molecule has 1 aliphatic rings. The minimum Gasteiger partial charge on any atom is -0.463 e. The summed E-state index contributed by atoms with van der Waals surface area (Å²) >= 11 is 0. The molecular weight excluding hydrogens is 368 g/mol. The quantitative estimate of drug-likeness (QED) is 0.567. The molecule has 1 aromatic carbocycles. The van der Waals surface area contributed by atoms with E-state index in [4.69, 9.17) is 4.74 Å². The number of ether oxygens (including phenoxy) is 1. The van der Waals surface area contributed by atoms with Gasteiger partial charge in [-0.05, 0) is 44.0 Å². The van der Waals surface area contributed by atoms with Gasteiger partial charge in [0.1, 0.15) is 0 Å². The maximum absolute atomic E-state index is 12.8. The van der Waals surface area contributed by atoms with Crippen molar-refractivity contribution in [2.75, 3.05) is 19.0 Å². The molecular formula is C19H26N2O5S.